The highest BCUT2D eigenvalue weighted by Gasteiger charge is 2.19. The van der Waals surface area contributed by atoms with Crippen molar-refractivity contribution in [1.29, 1.82) is 0 Å². The smallest absolute Gasteiger partial charge is 0.132 e. The van der Waals surface area contributed by atoms with E-state index in [1.807, 2.05) is 12.1 Å². The molecule has 1 fully saturated rings. The Hall–Kier alpha value is -0.510. The van der Waals surface area contributed by atoms with Crippen LogP contribution in [0.3, 0.4) is 0 Å². The molecule has 1 aliphatic rings. The van der Waals surface area contributed by atoms with E-state index in [0.29, 0.717) is 16.4 Å². The van der Waals surface area contributed by atoms with Gasteiger partial charge in [-0.3, -0.25) is 0 Å². The van der Waals surface area contributed by atoms with Crippen molar-refractivity contribution in [2.45, 2.75) is 19.4 Å². The number of rotatable bonds is 2. The van der Waals surface area contributed by atoms with Crippen molar-refractivity contribution in [1.82, 2.24) is 4.98 Å². The highest BCUT2D eigenvalue weighted by Crippen LogP contribution is 2.24. The lowest BCUT2D eigenvalue weighted by molar-refractivity contribution is 0.0384. The van der Waals surface area contributed by atoms with Crippen molar-refractivity contribution in [3.63, 3.8) is 0 Å². The SMILES string of the molecule is CC[C@H]1CN(c2cc(Cl)nc(Cl)c2)CCO1. The lowest BCUT2D eigenvalue weighted by Crippen LogP contribution is -2.42. The van der Waals surface area contributed by atoms with Gasteiger partial charge < -0.3 is 9.64 Å². The Labute approximate surface area is 105 Å². The van der Waals surface area contributed by atoms with Crippen molar-refractivity contribution >= 4 is 28.9 Å². The fraction of sp³-hybridized carbons (Fsp3) is 0.545. The fourth-order valence-electron chi connectivity index (χ4n) is 1.84. The van der Waals surface area contributed by atoms with Gasteiger partial charge in [0.25, 0.3) is 0 Å². The van der Waals surface area contributed by atoms with E-state index in [1.54, 1.807) is 0 Å². The predicted octanol–water partition coefficient (Wildman–Crippen LogP) is 3.00. The number of ether oxygens (including phenoxy) is 1. The van der Waals surface area contributed by atoms with Crippen LogP contribution in [-0.2, 0) is 4.74 Å². The zero-order chi connectivity index (χ0) is 11.5. The van der Waals surface area contributed by atoms with Crippen molar-refractivity contribution < 1.29 is 4.74 Å². The number of morpholine rings is 1. The maximum Gasteiger partial charge on any atom is 0.132 e. The summed E-state index contributed by atoms with van der Waals surface area (Å²) in [7, 11) is 0. The molecule has 0 saturated carbocycles. The highest BCUT2D eigenvalue weighted by atomic mass is 35.5. The van der Waals surface area contributed by atoms with Gasteiger partial charge >= 0.3 is 0 Å². The third-order valence-electron chi connectivity index (χ3n) is 2.71. The average molecular weight is 261 g/mol. The van der Waals surface area contributed by atoms with Crippen LogP contribution in [0.1, 0.15) is 13.3 Å². The Morgan fingerprint density at radius 3 is 2.75 bits per heavy atom. The van der Waals surface area contributed by atoms with E-state index in [4.69, 9.17) is 27.9 Å². The van der Waals surface area contributed by atoms with Crippen molar-refractivity contribution in [2.75, 3.05) is 24.6 Å². The van der Waals surface area contributed by atoms with Gasteiger partial charge in [-0.05, 0) is 18.6 Å². The molecule has 0 N–H and O–H groups in total. The maximum atomic E-state index is 5.89. The first-order valence-corrected chi connectivity index (χ1v) is 6.14. The van der Waals surface area contributed by atoms with Crippen LogP contribution in [0, 0.1) is 0 Å². The number of pyridine rings is 1. The molecular weight excluding hydrogens is 247 g/mol. The normalized spacial score (nSPS) is 21.2. The number of aromatic nitrogens is 1. The third-order valence-corrected chi connectivity index (χ3v) is 3.09. The Morgan fingerprint density at radius 2 is 2.12 bits per heavy atom. The predicted molar refractivity (Wildman–Crippen MR) is 66.5 cm³/mol. The molecule has 3 nitrogen and oxygen atoms in total. The van der Waals surface area contributed by atoms with E-state index in [9.17, 15) is 0 Å². The van der Waals surface area contributed by atoms with Crippen LogP contribution in [0.4, 0.5) is 5.69 Å². The Morgan fingerprint density at radius 1 is 1.44 bits per heavy atom. The second-order valence-electron chi connectivity index (χ2n) is 3.82. The molecule has 16 heavy (non-hydrogen) atoms. The monoisotopic (exact) mass is 260 g/mol. The molecule has 1 atom stereocenters. The zero-order valence-electron chi connectivity index (χ0n) is 9.12. The van der Waals surface area contributed by atoms with Crippen molar-refractivity contribution in [2.24, 2.45) is 0 Å². The molecule has 0 radical (unpaired) electrons. The molecule has 2 heterocycles. The summed E-state index contributed by atoms with van der Waals surface area (Å²) in [5.41, 5.74) is 1.02. The van der Waals surface area contributed by atoms with Crippen LogP contribution in [0.15, 0.2) is 12.1 Å². The summed E-state index contributed by atoms with van der Waals surface area (Å²) in [5, 5.41) is 0.865. The van der Waals surface area contributed by atoms with Gasteiger partial charge in [-0.1, -0.05) is 30.1 Å². The van der Waals surface area contributed by atoms with Crippen molar-refractivity contribution in [3.8, 4) is 0 Å². The van der Waals surface area contributed by atoms with Gasteiger partial charge in [0.05, 0.1) is 12.7 Å². The largest absolute Gasteiger partial charge is 0.375 e. The number of nitrogens with zero attached hydrogens (tertiary/aromatic N) is 2. The molecule has 1 aromatic rings. The Kier molecular flexibility index (Phi) is 3.90. The summed E-state index contributed by atoms with van der Waals surface area (Å²) in [5.74, 6) is 0. The molecule has 0 unspecified atom stereocenters. The fourth-order valence-corrected chi connectivity index (χ4v) is 2.28. The molecule has 0 spiro atoms. The molecule has 0 aromatic carbocycles. The Bertz CT molecular complexity index is 353. The molecule has 2 rings (SSSR count). The Balaban J connectivity index is 2.16. The lowest BCUT2D eigenvalue weighted by atomic mass is 10.2. The van der Waals surface area contributed by atoms with Gasteiger partial charge in [-0.15, -0.1) is 0 Å². The molecule has 0 bridgehead atoms. The van der Waals surface area contributed by atoms with Gasteiger partial charge in [-0.2, -0.15) is 0 Å². The standard InChI is InChI=1S/C11H14Cl2N2O/c1-2-9-7-15(3-4-16-9)8-5-10(12)14-11(13)6-8/h5-6,9H,2-4,7H2,1H3/t9-/m0/s1. The van der Waals surface area contributed by atoms with Crippen molar-refractivity contribution in [3.05, 3.63) is 22.4 Å². The van der Waals surface area contributed by atoms with E-state index in [0.717, 1.165) is 31.8 Å². The minimum absolute atomic E-state index is 0.291. The maximum absolute atomic E-state index is 5.89. The molecule has 1 saturated heterocycles. The second kappa shape index (κ2) is 5.21. The van der Waals surface area contributed by atoms with Crippen LogP contribution in [0.5, 0.6) is 0 Å². The first kappa shape index (κ1) is 12.0. The summed E-state index contributed by atoms with van der Waals surface area (Å²) in [6.07, 6.45) is 1.31. The van der Waals surface area contributed by atoms with Gasteiger partial charge in [0.1, 0.15) is 10.3 Å². The molecule has 1 aromatic heterocycles. The van der Waals surface area contributed by atoms with E-state index in [1.165, 1.54) is 0 Å². The molecule has 0 aliphatic carbocycles. The van der Waals surface area contributed by atoms with Crippen LogP contribution >= 0.6 is 23.2 Å². The summed E-state index contributed by atoms with van der Waals surface area (Å²) in [6, 6.07) is 3.68. The van der Waals surface area contributed by atoms with E-state index < -0.39 is 0 Å². The van der Waals surface area contributed by atoms with Crippen LogP contribution in [0.2, 0.25) is 10.3 Å². The van der Waals surface area contributed by atoms with Crippen LogP contribution in [-0.4, -0.2) is 30.8 Å². The second-order valence-corrected chi connectivity index (χ2v) is 4.59. The quantitative estimate of drug-likeness (QED) is 0.765. The summed E-state index contributed by atoms with van der Waals surface area (Å²) in [4.78, 5) is 6.17. The highest BCUT2D eigenvalue weighted by molar-refractivity contribution is 6.32. The van der Waals surface area contributed by atoms with Gasteiger partial charge in [-0.25, -0.2) is 4.98 Å². The number of hydrogen-bond donors (Lipinski definition) is 0. The first-order valence-electron chi connectivity index (χ1n) is 5.38. The number of hydrogen-bond acceptors (Lipinski definition) is 3. The van der Waals surface area contributed by atoms with Crippen LogP contribution in [0.25, 0.3) is 0 Å². The van der Waals surface area contributed by atoms with Gasteiger partial charge in [0.15, 0.2) is 0 Å². The third kappa shape index (κ3) is 2.78. The lowest BCUT2D eigenvalue weighted by Gasteiger charge is -2.34. The van der Waals surface area contributed by atoms with Gasteiger partial charge in [0.2, 0.25) is 0 Å². The summed E-state index contributed by atoms with van der Waals surface area (Å²) >= 11 is 11.8. The molecule has 5 heteroatoms. The first-order chi connectivity index (χ1) is 7.69. The van der Waals surface area contributed by atoms with E-state index in [2.05, 4.69) is 16.8 Å². The zero-order valence-corrected chi connectivity index (χ0v) is 10.6. The topological polar surface area (TPSA) is 25.4 Å². The molecule has 0 amide bonds. The number of halogens is 2. The average Bonchev–Trinajstić information content (AvgIpc) is 2.28. The molecule has 88 valence electrons. The minimum atomic E-state index is 0.291. The van der Waals surface area contributed by atoms with E-state index in [-0.39, 0.29) is 0 Å². The van der Waals surface area contributed by atoms with Gasteiger partial charge in [0, 0.05) is 18.8 Å². The van der Waals surface area contributed by atoms with Crippen LogP contribution < -0.4 is 4.90 Å². The summed E-state index contributed by atoms with van der Waals surface area (Å²) in [6.45, 7) is 4.62. The summed E-state index contributed by atoms with van der Waals surface area (Å²) < 4.78 is 5.62. The van der Waals surface area contributed by atoms with E-state index >= 15 is 0 Å². The molecular formula is C11H14Cl2N2O. The molecule has 1 aliphatic heterocycles. The number of anilines is 1. The minimum Gasteiger partial charge on any atom is -0.375 e.